The molecule has 1 unspecified atom stereocenters. The highest BCUT2D eigenvalue weighted by Crippen LogP contribution is 2.25. The van der Waals surface area contributed by atoms with Gasteiger partial charge in [0.2, 0.25) is 11.8 Å². The van der Waals surface area contributed by atoms with E-state index in [1.54, 1.807) is 18.2 Å². The summed E-state index contributed by atoms with van der Waals surface area (Å²) < 4.78 is 0. The van der Waals surface area contributed by atoms with Gasteiger partial charge in [-0.25, -0.2) is 0 Å². The van der Waals surface area contributed by atoms with E-state index in [2.05, 4.69) is 17.6 Å². The minimum atomic E-state index is -0.216. The Balaban J connectivity index is 2.58. The number of carbonyl (C=O) groups excluding carboxylic acids is 2. The fraction of sp³-hybridized carbons (Fsp3) is 0.556. The highest BCUT2D eigenvalue weighted by Gasteiger charge is 2.16. The Hall–Kier alpha value is -1.30. The second-order valence-electron chi connectivity index (χ2n) is 6.14. The van der Waals surface area contributed by atoms with Gasteiger partial charge in [-0.15, -0.1) is 0 Å². The molecule has 0 aromatic heterocycles. The van der Waals surface area contributed by atoms with Crippen LogP contribution < -0.4 is 10.6 Å². The summed E-state index contributed by atoms with van der Waals surface area (Å²) >= 11 is 11.9. The molecule has 7 heteroatoms. The maximum absolute atomic E-state index is 12.3. The standard InChI is InChI=1S/C18H27Cl2N3O2/c1-4-6-13(3)21-17(24)11-23(9-5-2)12-18(25)22-16-8-7-14(19)10-15(16)20/h7-8,10,13H,4-6,9,11-12H2,1-3H3,(H,21,24)(H,22,25). The molecule has 0 heterocycles. The van der Waals surface area contributed by atoms with E-state index in [0.29, 0.717) is 22.3 Å². The van der Waals surface area contributed by atoms with Crippen LogP contribution in [0.15, 0.2) is 18.2 Å². The van der Waals surface area contributed by atoms with E-state index >= 15 is 0 Å². The van der Waals surface area contributed by atoms with Crippen LogP contribution in [0.3, 0.4) is 0 Å². The van der Waals surface area contributed by atoms with Crippen LogP contribution in [0.25, 0.3) is 0 Å². The van der Waals surface area contributed by atoms with Crippen LogP contribution in [0.1, 0.15) is 40.0 Å². The van der Waals surface area contributed by atoms with Crippen molar-refractivity contribution in [3.8, 4) is 0 Å². The molecule has 0 aliphatic heterocycles. The first-order chi connectivity index (χ1) is 11.8. The van der Waals surface area contributed by atoms with E-state index in [0.717, 1.165) is 19.3 Å². The number of nitrogens with zero attached hydrogens (tertiary/aromatic N) is 1. The number of rotatable bonds is 10. The summed E-state index contributed by atoms with van der Waals surface area (Å²) in [5.41, 5.74) is 0.508. The normalized spacial score (nSPS) is 12.1. The Morgan fingerprint density at radius 2 is 1.80 bits per heavy atom. The van der Waals surface area contributed by atoms with Gasteiger partial charge in [-0.2, -0.15) is 0 Å². The lowest BCUT2D eigenvalue weighted by Crippen LogP contribution is -2.43. The third-order valence-corrected chi connectivity index (χ3v) is 4.16. The number of carbonyl (C=O) groups is 2. The summed E-state index contributed by atoms with van der Waals surface area (Å²) in [5, 5.41) is 6.61. The first-order valence-corrected chi connectivity index (χ1v) is 9.37. The zero-order valence-electron chi connectivity index (χ0n) is 15.1. The van der Waals surface area contributed by atoms with E-state index in [1.165, 1.54) is 0 Å². The summed E-state index contributed by atoms with van der Waals surface area (Å²) in [7, 11) is 0. The predicted octanol–water partition coefficient (Wildman–Crippen LogP) is 3.95. The van der Waals surface area contributed by atoms with Gasteiger partial charge < -0.3 is 10.6 Å². The largest absolute Gasteiger partial charge is 0.353 e. The van der Waals surface area contributed by atoms with Crippen LogP contribution in [0.2, 0.25) is 10.0 Å². The lowest BCUT2D eigenvalue weighted by atomic mass is 10.2. The van der Waals surface area contributed by atoms with Gasteiger partial charge in [0.05, 0.1) is 23.8 Å². The zero-order chi connectivity index (χ0) is 18.8. The van der Waals surface area contributed by atoms with Gasteiger partial charge in [0.15, 0.2) is 0 Å². The fourth-order valence-electron chi connectivity index (χ4n) is 2.54. The summed E-state index contributed by atoms with van der Waals surface area (Å²) in [6.45, 7) is 7.07. The molecule has 0 saturated heterocycles. The second-order valence-corrected chi connectivity index (χ2v) is 6.98. The molecule has 5 nitrogen and oxygen atoms in total. The van der Waals surface area contributed by atoms with Crippen molar-refractivity contribution in [1.29, 1.82) is 0 Å². The Labute approximate surface area is 160 Å². The smallest absolute Gasteiger partial charge is 0.238 e. The SMILES string of the molecule is CCCC(C)NC(=O)CN(CCC)CC(=O)Nc1ccc(Cl)cc1Cl. The van der Waals surface area contributed by atoms with E-state index < -0.39 is 0 Å². The minimum Gasteiger partial charge on any atom is -0.353 e. The molecule has 0 radical (unpaired) electrons. The Kier molecular flexibility index (Phi) is 9.86. The van der Waals surface area contributed by atoms with Gasteiger partial charge in [-0.05, 0) is 44.5 Å². The first kappa shape index (κ1) is 21.7. The molecule has 1 atom stereocenters. The van der Waals surface area contributed by atoms with E-state index in [4.69, 9.17) is 23.2 Å². The molecule has 0 fully saturated rings. The van der Waals surface area contributed by atoms with E-state index in [-0.39, 0.29) is 30.9 Å². The van der Waals surface area contributed by atoms with Crippen molar-refractivity contribution < 1.29 is 9.59 Å². The zero-order valence-corrected chi connectivity index (χ0v) is 16.6. The third kappa shape index (κ3) is 8.56. The lowest BCUT2D eigenvalue weighted by Gasteiger charge is -2.22. The minimum absolute atomic E-state index is 0.0632. The van der Waals surface area contributed by atoms with Gasteiger partial charge in [-0.3, -0.25) is 14.5 Å². The van der Waals surface area contributed by atoms with Crippen LogP contribution in [0, 0.1) is 0 Å². The van der Waals surface area contributed by atoms with Crippen LogP contribution in [-0.4, -0.2) is 42.4 Å². The quantitative estimate of drug-likeness (QED) is 0.638. The molecule has 0 spiro atoms. The maximum atomic E-state index is 12.3. The average Bonchev–Trinajstić information content (AvgIpc) is 2.50. The van der Waals surface area contributed by atoms with Gasteiger partial charge in [0.1, 0.15) is 0 Å². The average molecular weight is 388 g/mol. The predicted molar refractivity (Wildman–Crippen MR) is 104 cm³/mol. The Morgan fingerprint density at radius 1 is 1.12 bits per heavy atom. The third-order valence-electron chi connectivity index (χ3n) is 3.61. The number of anilines is 1. The number of nitrogens with one attached hydrogen (secondary N) is 2. The first-order valence-electron chi connectivity index (χ1n) is 8.62. The van der Waals surface area contributed by atoms with Crippen molar-refractivity contribution in [3.63, 3.8) is 0 Å². The molecule has 0 aliphatic rings. The monoisotopic (exact) mass is 387 g/mol. The summed E-state index contributed by atoms with van der Waals surface area (Å²) in [6, 6.07) is 5.04. The van der Waals surface area contributed by atoms with Crippen molar-refractivity contribution in [2.45, 2.75) is 46.1 Å². The molecule has 1 aromatic rings. The highest BCUT2D eigenvalue weighted by molar-refractivity contribution is 6.36. The number of hydrogen-bond acceptors (Lipinski definition) is 3. The summed E-state index contributed by atoms with van der Waals surface area (Å²) in [6.07, 6.45) is 2.81. The van der Waals surface area contributed by atoms with Crippen LogP contribution in [-0.2, 0) is 9.59 Å². The van der Waals surface area contributed by atoms with Crippen LogP contribution in [0.4, 0.5) is 5.69 Å². The number of halogens is 2. The van der Waals surface area contributed by atoms with Gasteiger partial charge >= 0.3 is 0 Å². The number of hydrogen-bond donors (Lipinski definition) is 2. The Bertz CT molecular complexity index is 581. The van der Waals surface area contributed by atoms with Crippen molar-refractivity contribution in [1.82, 2.24) is 10.2 Å². The fourth-order valence-corrected chi connectivity index (χ4v) is 3.00. The van der Waals surface area contributed by atoms with Crippen LogP contribution >= 0.6 is 23.2 Å². The van der Waals surface area contributed by atoms with Crippen molar-refractivity contribution in [2.24, 2.45) is 0 Å². The maximum Gasteiger partial charge on any atom is 0.238 e. The molecule has 140 valence electrons. The molecular formula is C18H27Cl2N3O2. The van der Waals surface area contributed by atoms with Crippen LogP contribution in [0.5, 0.6) is 0 Å². The topological polar surface area (TPSA) is 61.4 Å². The lowest BCUT2D eigenvalue weighted by molar-refractivity contribution is -0.124. The van der Waals surface area contributed by atoms with E-state index in [1.807, 2.05) is 18.7 Å². The van der Waals surface area contributed by atoms with Crippen molar-refractivity contribution in [3.05, 3.63) is 28.2 Å². The molecule has 1 rings (SSSR count). The summed E-state index contributed by atoms with van der Waals surface area (Å²) in [5.74, 6) is -0.279. The van der Waals surface area contributed by atoms with Crippen molar-refractivity contribution in [2.75, 3.05) is 25.0 Å². The highest BCUT2D eigenvalue weighted by atomic mass is 35.5. The molecule has 1 aromatic carbocycles. The molecule has 0 aliphatic carbocycles. The Morgan fingerprint density at radius 3 is 2.40 bits per heavy atom. The second kappa shape index (κ2) is 11.3. The molecule has 2 amide bonds. The summed E-state index contributed by atoms with van der Waals surface area (Å²) in [4.78, 5) is 26.2. The molecule has 25 heavy (non-hydrogen) atoms. The van der Waals surface area contributed by atoms with E-state index in [9.17, 15) is 9.59 Å². The molecule has 0 bridgehead atoms. The molecule has 0 saturated carbocycles. The number of amides is 2. The molecular weight excluding hydrogens is 361 g/mol. The van der Waals surface area contributed by atoms with Crippen molar-refractivity contribution >= 4 is 40.7 Å². The van der Waals surface area contributed by atoms with Gasteiger partial charge in [0, 0.05) is 11.1 Å². The number of benzene rings is 1. The van der Waals surface area contributed by atoms with Gasteiger partial charge in [-0.1, -0.05) is 43.5 Å². The molecule has 2 N–H and O–H groups in total. The van der Waals surface area contributed by atoms with Gasteiger partial charge in [0.25, 0.3) is 0 Å².